The number of carbonyl (C=O) groups is 2. The highest BCUT2D eigenvalue weighted by Gasteiger charge is 2.51. The Morgan fingerprint density at radius 2 is 1.77 bits per heavy atom. The molecule has 0 spiro atoms. The molecule has 0 aliphatic heterocycles. The molecule has 0 saturated heterocycles. The molecule has 2 aliphatic rings. The van der Waals surface area contributed by atoms with Crippen molar-refractivity contribution in [1.82, 2.24) is 9.78 Å². The number of carbonyl (C=O) groups excluding carboxylic acids is 1. The Kier molecular flexibility index (Phi) is 4.65. The van der Waals surface area contributed by atoms with Crippen LogP contribution >= 0.6 is 0 Å². The molecule has 2 aromatic carbocycles. The first-order chi connectivity index (χ1) is 14.9. The predicted octanol–water partition coefficient (Wildman–Crippen LogP) is 4.16. The van der Waals surface area contributed by atoms with Gasteiger partial charge in [-0.1, -0.05) is 54.6 Å². The summed E-state index contributed by atoms with van der Waals surface area (Å²) in [5.74, 6) is -2.35. The second-order valence-electron chi connectivity index (χ2n) is 8.67. The highest BCUT2D eigenvalue weighted by Crippen LogP contribution is 2.48. The maximum Gasteiger partial charge on any atom is 0.307 e. The molecule has 31 heavy (non-hydrogen) atoms. The zero-order chi connectivity index (χ0) is 21.7. The van der Waals surface area contributed by atoms with Gasteiger partial charge in [0.05, 0.1) is 35.5 Å². The monoisotopic (exact) mass is 415 g/mol. The molecule has 1 saturated carbocycles. The molecule has 1 amide bonds. The third-order valence-electron chi connectivity index (χ3n) is 6.88. The topological polar surface area (TPSA) is 84.2 Å². The minimum absolute atomic E-state index is 0.00237. The molecule has 1 heterocycles. The van der Waals surface area contributed by atoms with Gasteiger partial charge in [0.15, 0.2) is 0 Å². The Balaban J connectivity index is 1.41. The summed E-state index contributed by atoms with van der Waals surface area (Å²) in [4.78, 5) is 24.9. The van der Waals surface area contributed by atoms with Crippen LogP contribution in [0.15, 0.2) is 54.6 Å². The minimum atomic E-state index is -0.892. The standard InChI is InChI=1S/C25H25N3O3/c1-14-23(26-24(29)21-17-10-11-18(12-17)22(21)25(30)31)15(2)28(27-14)13-19-8-5-7-16-6-3-4-9-20(16)19/h3-11,17-18,21-22H,12-13H2,1-2H3,(H,26,29)(H,30,31)/t17-,18-,21-,22+/m0/s1. The van der Waals surface area contributed by atoms with Crippen LogP contribution in [-0.4, -0.2) is 26.8 Å². The summed E-state index contributed by atoms with van der Waals surface area (Å²) in [6.07, 6.45) is 4.69. The number of hydrogen-bond acceptors (Lipinski definition) is 3. The molecule has 5 rings (SSSR count). The molecule has 2 aliphatic carbocycles. The molecule has 4 atom stereocenters. The molecule has 2 bridgehead atoms. The first-order valence-corrected chi connectivity index (χ1v) is 10.7. The minimum Gasteiger partial charge on any atom is -0.481 e. The fourth-order valence-corrected chi connectivity index (χ4v) is 5.35. The SMILES string of the molecule is Cc1nn(Cc2cccc3ccccc23)c(C)c1NC(=O)[C@@H]1[C@H](C(=O)O)[C@H]2C=C[C@H]1C2. The summed E-state index contributed by atoms with van der Waals surface area (Å²) in [5, 5.41) is 19.7. The number of carboxylic acid groups (broad SMARTS) is 1. The molecular formula is C25H25N3O3. The van der Waals surface area contributed by atoms with Gasteiger partial charge in [0.1, 0.15) is 0 Å². The van der Waals surface area contributed by atoms with Gasteiger partial charge in [0.2, 0.25) is 5.91 Å². The highest BCUT2D eigenvalue weighted by atomic mass is 16.4. The number of benzene rings is 2. The number of fused-ring (bicyclic) bond motifs is 3. The second-order valence-corrected chi connectivity index (χ2v) is 8.67. The zero-order valence-corrected chi connectivity index (χ0v) is 17.6. The number of anilines is 1. The highest BCUT2D eigenvalue weighted by molar-refractivity contribution is 5.97. The third-order valence-corrected chi connectivity index (χ3v) is 6.88. The van der Waals surface area contributed by atoms with Crippen molar-refractivity contribution in [2.45, 2.75) is 26.8 Å². The number of aryl methyl sites for hydroxylation is 1. The van der Waals surface area contributed by atoms with Crippen LogP contribution in [0, 0.1) is 37.5 Å². The first-order valence-electron chi connectivity index (χ1n) is 10.7. The molecule has 158 valence electrons. The van der Waals surface area contributed by atoms with Crippen molar-refractivity contribution < 1.29 is 14.7 Å². The summed E-state index contributed by atoms with van der Waals surface area (Å²) >= 11 is 0. The van der Waals surface area contributed by atoms with Crippen LogP contribution in [0.2, 0.25) is 0 Å². The van der Waals surface area contributed by atoms with Crippen LogP contribution in [-0.2, 0) is 16.1 Å². The van der Waals surface area contributed by atoms with Gasteiger partial charge >= 0.3 is 5.97 Å². The fourth-order valence-electron chi connectivity index (χ4n) is 5.35. The van der Waals surface area contributed by atoms with E-state index in [2.05, 4.69) is 34.7 Å². The summed E-state index contributed by atoms with van der Waals surface area (Å²) in [5.41, 5.74) is 3.44. The Bertz CT molecular complexity index is 1220. The largest absolute Gasteiger partial charge is 0.481 e. The van der Waals surface area contributed by atoms with E-state index in [1.54, 1.807) is 0 Å². The maximum absolute atomic E-state index is 13.1. The lowest BCUT2D eigenvalue weighted by Gasteiger charge is -2.24. The lowest BCUT2D eigenvalue weighted by Crippen LogP contribution is -2.36. The van der Waals surface area contributed by atoms with Crippen molar-refractivity contribution in [3.8, 4) is 0 Å². The number of nitrogens with one attached hydrogen (secondary N) is 1. The van der Waals surface area contributed by atoms with Gasteiger partial charge < -0.3 is 10.4 Å². The van der Waals surface area contributed by atoms with Crippen molar-refractivity contribution in [3.63, 3.8) is 0 Å². The van der Waals surface area contributed by atoms with E-state index in [0.717, 1.165) is 23.4 Å². The van der Waals surface area contributed by atoms with E-state index in [1.165, 1.54) is 10.8 Å². The van der Waals surface area contributed by atoms with E-state index in [4.69, 9.17) is 0 Å². The van der Waals surface area contributed by atoms with Gasteiger partial charge in [-0.05, 0) is 48.4 Å². The van der Waals surface area contributed by atoms with Crippen molar-refractivity contribution in [2.75, 3.05) is 5.32 Å². The molecule has 3 aromatic rings. The van der Waals surface area contributed by atoms with E-state index < -0.39 is 17.8 Å². The van der Waals surface area contributed by atoms with Crippen LogP contribution in [0.5, 0.6) is 0 Å². The molecule has 0 radical (unpaired) electrons. The summed E-state index contributed by atoms with van der Waals surface area (Å²) in [6.45, 7) is 4.41. The van der Waals surface area contributed by atoms with Crippen LogP contribution in [0.25, 0.3) is 10.8 Å². The van der Waals surface area contributed by atoms with Gasteiger partial charge in [0.25, 0.3) is 0 Å². The summed E-state index contributed by atoms with van der Waals surface area (Å²) in [6, 6.07) is 14.5. The molecule has 6 heteroatoms. The van der Waals surface area contributed by atoms with Gasteiger partial charge in [0, 0.05) is 0 Å². The van der Waals surface area contributed by atoms with Crippen molar-refractivity contribution in [3.05, 3.63) is 71.6 Å². The van der Waals surface area contributed by atoms with E-state index in [0.29, 0.717) is 12.2 Å². The molecule has 2 N–H and O–H groups in total. The quantitative estimate of drug-likeness (QED) is 0.613. The Hall–Kier alpha value is -3.41. The van der Waals surface area contributed by atoms with Crippen molar-refractivity contribution in [2.24, 2.45) is 23.7 Å². The summed E-state index contributed by atoms with van der Waals surface area (Å²) < 4.78 is 1.90. The Labute approximate surface area is 180 Å². The molecular weight excluding hydrogens is 390 g/mol. The number of aromatic nitrogens is 2. The van der Waals surface area contributed by atoms with Gasteiger partial charge in [-0.2, -0.15) is 5.10 Å². The number of nitrogens with zero attached hydrogens (tertiary/aromatic N) is 2. The number of amides is 1. The zero-order valence-electron chi connectivity index (χ0n) is 17.6. The van der Waals surface area contributed by atoms with Crippen LogP contribution in [0.3, 0.4) is 0 Å². The average molecular weight is 415 g/mol. The van der Waals surface area contributed by atoms with Crippen LogP contribution in [0.1, 0.15) is 23.4 Å². The van der Waals surface area contributed by atoms with Gasteiger partial charge in [-0.25, -0.2) is 0 Å². The maximum atomic E-state index is 13.1. The van der Waals surface area contributed by atoms with Crippen LogP contribution in [0.4, 0.5) is 5.69 Å². The third kappa shape index (κ3) is 3.23. The van der Waals surface area contributed by atoms with E-state index >= 15 is 0 Å². The molecule has 1 aromatic heterocycles. The number of allylic oxidation sites excluding steroid dienone is 2. The van der Waals surface area contributed by atoms with E-state index in [1.807, 2.05) is 48.9 Å². The van der Waals surface area contributed by atoms with Crippen molar-refractivity contribution in [1.29, 1.82) is 0 Å². The predicted molar refractivity (Wildman–Crippen MR) is 119 cm³/mol. The number of aliphatic carboxylic acids is 1. The Morgan fingerprint density at radius 3 is 2.55 bits per heavy atom. The molecule has 0 unspecified atom stereocenters. The number of carboxylic acids is 1. The van der Waals surface area contributed by atoms with Gasteiger partial charge in [-0.3, -0.25) is 14.3 Å². The Morgan fingerprint density at radius 1 is 1.06 bits per heavy atom. The number of hydrogen-bond donors (Lipinski definition) is 2. The lowest BCUT2D eigenvalue weighted by atomic mass is 9.82. The second kappa shape index (κ2) is 7.38. The first kappa shape index (κ1) is 19.5. The molecule has 1 fully saturated rings. The van der Waals surface area contributed by atoms with E-state index in [9.17, 15) is 14.7 Å². The molecule has 6 nitrogen and oxygen atoms in total. The normalized spacial score (nSPS) is 24.1. The smallest absolute Gasteiger partial charge is 0.307 e. The van der Waals surface area contributed by atoms with Crippen molar-refractivity contribution >= 4 is 28.3 Å². The number of rotatable bonds is 5. The lowest BCUT2D eigenvalue weighted by molar-refractivity contribution is -0.146. The fraction of sp³-hybridized carbons (Fsp3) is 0.320. The van der Waals surface area contributed by atoms with Crippen LogP contribution < -0.4 is 5.32 Å². The summed E-state index contributed by atoms with van der Waals surface area (Å²) in [7, 11) is 0. The average Bonchev–Trinajstić information content (AvgIpc) is 3.44. The van der Waals surface area contributed by atoms with E-state index in [-0.39, 0.29) is 17.7 Å². The van der Waals surface area contributed by atoms with Gasteiger partial charge in [-0.15, -0.1) is 0 Å².